The predicted molar refractivity (Wildman–Crippen MR) is 85.4 cm³/mol. The highest BCUT2D eigenvalue weighted by Gasteiger charge is 2.13. The number of hydrogen-bond acceptors (Lipinski definition) is 4. The van der Waals surface area contributed by atoms with E-state index in [9.17, 15) is 0 Å². The van der Waals surface area contributed by atoms with E-state index in [1.54, 1.807) is 11.3 Å². The van der Waals surface area contributed by atoms with Crippen molar-refractivity contribution in [3.63, 3.8) is 0 Å². The Morgan fingerprint density at radius 2 is 2.00 bits per heavy atom. The van der Waals surface area contributed by atoms with Crippen molar-refractivity contribution in [2.45, 2.75) is 26.8 Å². The summed E-state index contributed by atoms with van der Waals surface area (Å²) in [7, 11) is 0. The van der Waals surface area contributed by atoms with Crippen molar-refractivity contribution in [2.75, 3.05) is 5.32 Å². The van der Waals surface area contributed by atoms with Gasteiger partial charge in [0.05, 0.1) is 34.1 Å². The second-order valence-electron chi connectivity index (χ2n) is 4.97. The van der Waals surface area contributed by atoms with Crippen LogP contribution < -0.4 is 5.32 Å². The fourth-order valence-electron chi connectivity index (χ4n) is 2.41. The maximum Gasteiger partial charge on any atom is 0.0900 e. The van der Waals surface area contributed by atoms with Crippen LogP contribution in [0.4, 0.5) is 5.69 Å². The number of aryl methyl sites for hydroxylation is 2. The summed E-state index contributed by atoms with van der Waals surface area (Å²) < 4.78 is 0. The zero-order valence-electron chi connectivity index (χ0n) is 11.8. The van der Waals surface area contributed by atoms with Gasteiger partial charge in [0.1, 0.15) is 0 Å². The SMILES string of the molecule is Cc1nc(C)c(C(C)Nc2cnc3ccccc3c2)s1. The molecule has 1 unspecified atom stereocenters. The van der Waals surface area contributed by atoms with Gasteiger partial charge in [-0.25, -0.2) is 4.98 Å². The molecule has 0 fully saturated rings. The van der Waals surface area contributed by atoms with Crippen molar-refractivity contribution >= 4 is 27.9 Å². The predicted octanol–water partition coefficient (Wildman–Crippen LogP) is 4.48. The lowest BCUT2D eigenvalue weighted by molar-refractivity contribution is 0.889. The number of nitrogens with zero attached hydrogens (tertiary/aromatic N) is 2. The van der Waals surface area contributed by atoms with E-state index < -0.39 is 0 Å². The minimum absolute atomic E-state index is 0.240. The molecule has 0 aliphatic rings. The van der Waals surface area contributed by atoms with E-state index in [-0.39, 0.29) is 6.04 Å². The first-order valence-electron chi connectivity index (χ1n) is 6.69. The van der Waals surface area contributed by atoms with E-state index in [1.165, 1.54) is 4.88 Å². The molecule has 3 aromatic rings. The average Bonchev–Trinajstić information content (AvgIpc) is 2.78. The molecule has 2 aromatic heterocycles. The Balaban J connectivity index is 1.87. The van der Waals surface area contributed by atoms with E-state index >= 15 is 0 Å². The van der Waals surface area contributed by atoms with Crippen molar-refractivity contribution in [3.05, 3.63) is 52.1 Å². The Labute approximate surface area is 122 Å². The molecular weight excluding hydrogens is 266 g/mol. The summed E-state index contributed by atoms with van der Waals surface area (Å²) >= 11 is 1.75. The van der Waals surface area contributed by atoms with Crippen LogP contribution in [0.5, 0.6) is 0 Å². The Kier molecular flexibility index (Phi) is 3.40. The van der Waals surface area contributed by atoms with Gasteiger partial charge in [0.15, 0.2) is 0 Å². The number of aromatic nitrogens is 2. The van der Waals surface area contributed by atoms with Crippen molar-refractivity contribution in [1.82, 2.24) is 9.97 Å². The summed E-state index contributed by atoms with van der Waals surface area (Å²) in [5.74, 6) is 0. The van der Waals surface area contributed by atoms with Crippen molar-refractivity contribution in [1.29, 1.82) is 0 Å². The quantitative estimate of drug-likeness (QED) is 0.770. The number of hydrogen-bond donors (Lipinski definition) is 1. The molecule has 0 amide bonds. The zero-order valence-corrected chi connectivity index (χ0v) is 12.7. The van der Waals surface area contributed by atoms with Gasteiger partial charge in [-0.1, -0.05) is 18.2 Å². The lowest BCUT2D eigenvalue weighted by Crippen LogP contribution is -2.06. The molecule has 0 bridgehead atoms. The van der Waals surface area contributed by atoms with Crippen LogP contribution in [0.3, 0.4) is 0 Å². The summed E-state index contributed by atoms with van der Waals surface area (Å²) in [4.78, 5) is 10.3. The minimum atomic E-state index is 0.240. The number of rotatable bonds is 3. The van der Waals surface area contributed by atoms with Gasteiger partial charge in [0.2, 0.25) is 0 Å². The molecule has 0 spiro atoms. The monoisotopic (exact) mass is 283 g/mol. The molecule has 20 heavy (non-hydrogen) atoms. The third kappa shape index (κ3) is 2.51. The van der Waals surface area contributed by atoms with Crippen LogP contribution >= 0.6 is 11.3 Å². The fourth-order valence-corrected chi connectivity index (χ4v) is 3.34. The number of thiazole rings is 1. The van der Waals surface area contributed by atoms with Crippen LogP contribution in [0.2, 0.25) is 0 Å². The van der Waals surface area contributed by atoms with Crippen molar-refractivity contribution in [2.24, 2.45) is 0 Å². The molecule has 1 aromatic carbocycles. The maximum atomic E-state index is 4.49. The fraction of sp³-hybridized carbons (Fsp3) is 0.250. The standard InChI is InChI=1S/C16H17N3S/c1-10-16(20-12(3)18-10)11(2)19-14-8-13-6-4-5-7-15(13)17-9-14/h4-9,11,19H,1-3H3. The number of nitrogens with one attached hydrogen (secondary N) is 1. The number of benzene rings is 1. The molecule has 0 radical (unpaired) electrons. The highest BCUT2D eigenvalue weighted by Crippen LogP contribution is 2.28. The molecule has 3 nitrogen and oxygen atoms in total. The van der Waals surface area contributed by atoms with E-state index in [2.05, 4.69) is 41.3 Å². The third-order valence-corrected chi connectivity index (χ3v) is 4.56. The molecule has 3 rings (SSSR count). The molecule has 1 atom stereocenters. The van der Waals surface area contributed by atoms with Crippen LogP contribution in [0, 0.1) is 13.8 Å². The average molecular weight is 283 g/mol. The van der Waals surface area contributed by atoms with Crippen LogP contribution in [-0.4, -0.2) is 9.97 Å². The van der Waals surface area contributed by atoms with Crippen molar-refractivity contribution in [3.8, 4) is 0 Å². The third-order valence-electron chi connectivity index (χ3n) is 3.31. The van der Waals surface area contributed by atoms with Crippen LogP contribution in [0.25, 0.3) is 10.9 Å². The Hall–Kier alpha value is -1.94. The molecule has 4 heteroatoms. The topological polar surface area (TPSA) is 37.8 Å². The minimum Gasteiger partial charge on any atom is -0.376 e. The number of anilines is 1. The first-order chi connectivity index (χ1) is 9.63. The first-order valence-corrected chi connectivity index (χ1v) is 7.50. The molecule has 0 aliphatic carbocycles. The van der Waals surface area contributed by atoms with E-state index in [0.717, 1.165) is 27.3 Å². The lowest BCUT2D eigenvalue weighted by Gasteiger charge is -2.14. The number of para-hydroxylation sites is 1. The first kappa shape index (κ1) is 13.1. The highest BCUT2D eigenvalue weighted by atomic mass is 32.1. The number of pyridine rings is 1. The Bertz CT molecular complexity index is 748. The van der Waals surface area contributed by atoms with Gasteiger partial charge >= 0.3 is 0 Å². The van der Waals surface area contributed by atoms with Gasteiger partial charge in [0.25, 0.3) is 0 Å². The highest BCUT2D eigenvalue weighted by molar-refractivity contribution is 7.11. The summed E-state index contributed by atoms with van der Waals surface area (Å²) in [6.07, 6.45) is 1.89. The van der Waals surface area contributed by atoms with Gasteiger partial charge in [-0.05, 0) is 32.9 Å². The van der Waals surface area contributed by atoms with Crippen LogP contribution in [0.1, 0.15) is 28.5 Å². The molecule has 0 saturated carbocycles. The molecule has 1 N–H and O–H groups in total. The van der Waals surface area contributed by atoms with Gasteiger partial charge in [-0.15, -0.1) is 11.3 Å². The molecule has 0 aliphatic heterocycles. The smallest absolute Gasteiger partial charge is 0.0900 e. The normalized spacial score (nSPS) is 12.6. The molecule has 0 saturated heterocycles. The summed E-state index contributed by atoms with van der Waals surface area (Å²) in [5, 5.41) is 5.78. The zero-order chi connectivity index (χ0) is 14.1. The lowest BCUT2D eigenvalue weighted by atomic mass is 10.2. The molecular formula is C16H17N3S. The van der Waals surface area contributed by atoms with E-state index in [0.29, 0.717) is 0 Å². The molecule has 2 heterocycles. The van der Waals surface area contributed by atoms with E-state index in [4.69, 9.17) is 0 Å². The second kappa shape index (κ2) is 5.21. The van der Waals surface area contributed by atoms with E-state index in [1.807, 2.05) is 31.3 Å². The summed E-state index contributed by atoms with van der Waals surface area (Å²) in [5.41, 5.74) is 3.18. The van der Waals surface area contributed by atoms with Gasteiger partial charge in [-0.2, -0.15) is 0 Å². The largest absolute Gasteiger partial charge is 0.376 e. The van der Waals surface area contributed by atoms with Gasteiger partial charge < -0.3 is 5.32 Å². The summed E-state index contributed by atoms with van der Waals surface area (Å²) in [6, 6.07) is 10.5. The Morgan fingerprint density at radius 3 is 2.75 bits per heavy atom. The molecule has 102 valence electrons. The van der Waals surface area contributed by atoms with Crippen molar-refractivity contribution < 1.29 is 0 Å². The second-order valence-corrected chi connectivity index (χ2v) is 6.20. The van der Waals surface area contributed by atoms with Gasteiger partial charge in [0, 0.05) is 10.3 Å². The summed E-state index contributed by atoms with van der Waals surface area (Å²) in [6.45, 7) is 6.27. The Morgan fingerprint density at radius 1 is 1.20 bits per heavy atom. The van der Waals surface area contributed by atoms with Gasteiger partial charge in [-0.3, -0.25) is 4.98 Å². The number of fused-ring (bicyclic) bond motifs is 1. The van der Waals surface area contributed by atoms with Crippen LogP contribution in [0.15, 0.2) is 36.5 Å². The maximum absolute atomic E-state index is 4.49. The van der Waals surface area contributed by atoms with Crippen LogP contribution in [-0.2, 0) is 0 Å².